The number of halogens is 2. The molecular formula is C22H26F2N4O3. The summed E-state index contributed by atoms with van der Waals surface area (Å²) >= 11 is 0. The van der Waals surface area contributed by atoms with Crippen LogP contribution >= 0.6 is 0 Å². The average Bonchev–Trinajstić information content (AvgIpc) is 3.31. The second-order valence-corrected chi connectivity index (χ2v) is 8.33. The highest BCUT2D eigenvalue weighted by Gasteiger charge is 2.36. The lowest BCUT2D eigenvalue weighted by Gasteiger charge is -2.37. The number of nitrogens with zero attached hydrogens (tertiary/aromatic N) is 4. The highest BCUT2D eigenvalue weighted by atomic mass is 19.3. The van der Waals surface area contributed by atoms with Gasteiger partial charge in [0.05, 0.1) is 0 Å². The van der Waals surface area contributed by atoms with Crippen LogP contribution < -0.4 is 4.90 Å². The Morgan fingerprint density at radius 3 is 2.52 bits per heavy atom. The number of aromatic carboxylic acids is 1. The number of rotatable bonds is 5. The Balaban J connectivity index is 1.44. The van der Waals surface area contributed by atoms with Gasteiger partial charge in [0.2, 0.25) is 12.3 Å². The van der Waals surface area contributed by atoms with E-state index in [1.807, 2.05) is 6.07 Å². The zero-order valence-corrected chi connectivity index (χ0v) is 17.6. The van der Waals surface area contributed by atoms with Crippen molar-refractivity contribution in [3.05, 3.63) is 46.3 Å². The third kappa shape index (κ3) is 4.00. The number of amides is 1. The first kappa shape index (κ1) is 21.3. The second-order valence-electron chi connectivity index (χ2n) is 8.33. The summed E-state index contributed by atoms with van der Waals surface area (Å²) in [6.07, 6.45) is -2.51. The number of hydrogen-bond donors (Lipinski definition) is 1. The molecule has 1 aromatic carbocycles. The van der Waals surface area contributed by atoms with Crippen LogP contribution in [0.1, 0.15) is 32.9 Å². The molecule has 1 N–H and O–H groups in total. The number of piperazine rings is 1. The smallest absolute Gasteiger partial charge is 0.356 e. The summed E-state index contributed by atoms with van der Waals surface area (Å²) in [5.41, 5.74) is 4.19. The Labute approximate surface area is 179 Å². The van der Waals surface area contributed by atoms with Gasteiger partial charge in [-0.2, -0.15) is 5.10 Å². The quantitative estimate of drug-likeness (QED) is 0.786. The van der Waals surface area contributed by atoms with Crippen molar-refractivity contribution in [1.82, 2.24) is 14.7 Å². The summed E-state index contributed by atoms with van der Waals surface area (Å²) in [6, 6.07) is 6.19. The van der Waals surface area contributed by atoms with Gasteiger partial charge in [0.15, 0.2) is 5.69 Å². The van der Waals surface area contributed by atoms with E-state index in [0.29, 0.717) is 37.4 Å². The lowest BCUT2D eigenvalue weighted by molar-refractivity contribution is -0.132. The molecule has 1 saturated heterocycles. The number of carboxylic acid groups (broad SMARTS) is 1. The van der Waals surface area contributed by atoms with Crippen LogP contribution in [0.2, 0.25) is 0 Å². The van der Waals surface area contributed by atoms with Crippen molar-refractivity contribution in [1.29, 1.82) is 0 Å². The number of carbonyl (C=O) groups is 2. The van der Waals surface area contributed by atoms with Gasteiger partial charge in [-0.3, -0.25) is 9.48 Å². The maximum atomic E-state index is 13.2. The molecule has 9 heteroatoms. The first-order valence-electron chi connectivity index (χ1n) is 10.4. The zero-order chi connectivity index (χ0) is 22.3. The molecule has 2 aromatic rings. The van der Waals surface area contributed by atoms with Crippen molar-refractivity contribution in [2.45, 2.75) is 39.7 Å². The lowest BCUT2D eigenvalue weighted by atomic mass is 10.1. The van der Waals surface area contributed by atoms with E-state index < -0.39 is 18.3 Å². The fourth-order valence-electron chi connectivity index (χ4n) is 4.54. The molecule has 1 amide bonds. The number of carbonyl (C=O) groups excluding carboxylic acids is 1. The molecule has 1 aromatic heterocycles. The minimum atomic E-state index is -2.53. The molecule has 4 rings (SSSR count). The molecule has 0 saturated carbocycles. The van der Waals surface area contributed by atoms with Gasteiger partial charge in [-0.25, -0.2) is 13.6 Å². The molecule has 1 aliphatic heterocycles. The maximum Gasteiger partial charge on any atom is 0.356 e. The first-order valence-corrected chi connectivity index (χ1v) is 10.4. The van der Waals surface area contributed by atoms with Gasteiger partial charge in [-0.05, 0) is 43.9 Å². The molecule has 31 heavy (non-hydrogen) atoms. The average molecular weight is 432 g/mol. The van der Waals surface area contributed by atoms with Crippen LogP contribution in [-0.4, -0.2) is 64.3 Å². The van der Waals surface area contributed by atoms with Crippen molar-refractivity contribution in [3.8, 4) is 0 Å². The minimum absolute atomic E-state index is 0.0165. The highest BCUT2D eigenvalue weighted by molar-refractivity contribution is 5.88. The normalized spacial score (nSPS) is 18.5. The fraction of sp³-hybridized carbons (Fsp3) is 0.500. The van der Waals surface area contributed by atoms with E-state index >= 15 is 0 Å². The second kappa shape index (κ2) is 8.28. The van der Waals surface area contributed by atoms with Crippen LogP contribution in [0.5, 0.6) is 0 Å². The number of fused-ring (bicyclic) bond motifs is 1. The van der Waals surface area contributed by atoms with E-state index in [2.05, 4.69) is 36.0 Å². The molecule has 0 radical (unpaired) electrons. The third-order valence-electron chi connectivity index (χ3n) is 6.48. The van der Waals surface area contributed by atoms with Crippen molar-refractivity contribution < 1.29 is 23.5 Å². The summed E-state index contributed by atoms with van der Waals surface area (Å²) < 4.78 is 27.7. The van der Waals surface area contributed by atoms with Crippen LogP contribution in [0.4, 0.5) is 14.5 Å². The van der Waals surface area contributed by atoms with Gasteiger partial charge in [0, 0.05) is 49.0 Å². The molecule has 2 heterocycles. The van der Waals surface area contributed by atoms with E-state index in [0.717, 1.165) is 0 Å². The first-order chi connectivity index (χ1) is 14.8. The summed E-state index contributed by atoms with van der Waals surface area (Å²) in [5.74, 6) is -2.35. The standard InChI is InChI=1S/C22H26F2N4O3/c1-13-4-3-5-17(14(13)2)26-6-8-27(9-7-26)19(29)12-28-18-11-15(21(23)24)10-16(18)20(25-28)22(30)31/h3-5,15,21H,6-12H2,1-2H3,(H,30,31). The Kier molecular flexibility index (Phi) is 5.68. The van der Waals surface area contributed by atoms with E-state index in [1.54, 1.807) is 4.90 Å². The minimum Gasteiger partial charge on any atom is -0.476 e. The van der Waals surface area contributed by atoms with Crippen LogP contribution in [0.15, 0.2) is 18.2 Å². The third-order valence-corrected chi connectivity index (χ3v) is 6.48. The van der Waals surface area contributed by atoms with Crippen LogP contribution in [0.25, 0.3) is 0 Å². The highest BCUT2D eigenvalue weighted by Crippen LogP contribution is 2.33. The Bertz CT molecular complexity index is 1010. The summed E-state index contributed by atoms with van der Waals surface area (Å²) in [6.45, 7) is 6.51. The number of alkyl halides is 2. The van der Waals surface area contributed by atoms with E-state index in [9.17, 15) is 23.5 Å². The zero-order valence-electron chi connectivity index (χ0n) is 17.6. The van der Waals surface area contributed by atoms with Crippen LogP contribution in [-0.2, 0) is 24.2 Å². The van der Waals surface area contributed by atoms with Gasteiger partial charge in [0.1, 0.15) is 6.54 Å². The number of anilines is 1. The monoisotopic (exact) mass is 432 g/mol. The number of aryl methyl sites for hydroxylation is 1. The maximum absolute atomic E-state index is 13.2. The molecule has 0 bridgehead atoms. The van der Waals surface area contributed by atoms with Crippen LogP contribution in [0, 0.1) is 19.8 Å². The van der Waals surface area contributed by atoms with Crippen molar-refractivity contribution >= 4 is 17.6 Å². The molecule has 7 nitrogen and oxygen atoms in total. The molecule has 166 valence electrons. The van der Waals surface area contributed by atoms with Gasteiger partial charge in [-0.15, -0.1) is 0 Å². The SMILES string of the molecule is Cc1cccc(N2CCN(C(=O)Cn3nc(C(=O)O)c4c3CC(C(F)F)C4)CC2)c1C. The van der Waals surface area contributed by atoms with Crippen molar-refractivity contribution in [2.24, 2.45) is 5.92 Å². The molecular weight excluding hydrogens is 406 g/mol. The molecule has 1 aliphatic carbocycles. The predicted molar refractivity (Wildman–Crippen MR) is 111 cm³/mol. The largest absolute Gasteiger partial charge is 0.476 e. The Hall–Kier alpha value is -2.97. The van der Waals surface area contributed by atoms with Gasteiger partial charge >= 0.3 is 5.97 Å². The van der Waals surface area contributed by atoms with Crippen molar-refractivity contribution in [2.75, 3.05) is 31.1 Å². The van der Waals surface area contributed by atoms with Crippen LogP contribution in [0.3, 0.4) is 0 Å². The Morgan fingerprint density at radius 2 is 1.87 bits per heavy atom. The van der Waals surface area contributed by atoms with Crippen molar-refractivity contribution in [3.63, 3.8) is 0 Å². The molecule has 1 atom stereocenters. The fourth-order valence-corrected chi connectivity index (χ4v) is 4.54. The number of aromatic nitrogens is 2. The summed E-state index contributed by atoms with van der Waals surface area (Å²) in [5, 5.41) is 13.4. The van der Waals surface area contributed by atoms with Gasteiger partial charge < -0.3 is 14.9 Å². The Morgan fingerprint density at radius 1 is 1.16 bits per heavy atom. The van der Waals surface area contributed by atoms with E-state index in [4.69, 9.17) is 0 Å². The predicted octanol–water partition coefficient (Wildman–Crippen LogP) is 2.53. The lowest BCUT2D eigenvalue weighted by Crippen LogP contribution is -2.50. The summed E-state index contributed by atoms with van der Waals surface area (Å²) in [4.78, 5) is 28.4. The molecule has 1 fully saturated rings. The summed E-state index contributed by atoms with van der Waals surface area (Å²) in [7, 11) is 0. The van der Waals surface area contributed by atoms with Gasteiger partial charge in [-0.1, -0.05) is 12.1 Å². The molecule has 2 aliphatic rings. The number of benzene rings is 1. The van der Waals surface area contributed by atoms with E-state index in [1.165, 1.54) is 21.5 Å². The number of carboxylic acids is 1. The topological polar surface area (TPSA) is 78.7 Å². The van der Waals surface area contributed by atoms with Gasteiger partial charge in [0.25, 0.3) is 0 Å². The van der Waals surface area contributed by atoms with E-state index in [-0.39, 0.29) is 31.0 Å². The number of hydrogen-bond acceptors (Lipinski definition) is 4. The molecule has 1 unspecified atom stereocenters. The molecule has 0 spiro atoms.